The maximum absolute atomic E-state index is 12.1. The number of nitriles is 1. The summed E-state index contributed by atoms with van der Waals surface area (Å²) in [4.78, 5) is 18.2. The summed E-state index contributed by atoms with van der Waals surface area (Å²) in [5, 5.41) is 18.9. The van der Waals surface area contributed by atoms with Gasteiger partial charge in [0.25, 0.3) is 0 Å². The highest BCUT2D eigenvalue weighted by molar-refractivity contribution is 8.47. The predicted octanol–water partition coefficient (Wildman–Crippen LogP) is 4.81. The lowest BCUT2D eigenvalue weighted by atomic mass is 10.1. The molecule has 0 fully saturated rings. The molecule has 6 nitrogen and oxygen atoms in total. The molecule has 150 valence electrons. The van der Waals surface area contributed by atoms with Gasteiger partial charge in [-0.05, 0) is 49.7 Å². The highest BCUT2D eigenvalue weighted by Crippen LogP contribution is 2.70. The second-order valence-corrected chi connectivity index (χ2v) is 9.38. The number of nitrogens with zero attached hydrogens (tertiary/aromatic N) is 2. The van der Waals surface area contributed by atoms with Crippen molar-refractivity contribution in [3.8, 4) is 17.6 Å². The number of carbonyl (C=O) groups is 1. The molecule has 0 bridgehead atoms. The highest BCUT2D eigenvalue weighted by atomic mass is 32.3. The molecule has 2 aromatic rings. The zero-order valence-corrected chi connectivity index (χ0v) is 17.1. The van der Waals surface area contributed by atoms with Crippen LogP contribution in [0.3, 0.4) is 0 Å². The van der Waals surface area contributed by atoms with Crippen molar-refractivity contribution in [1.82, 2.24) is 0 Å². The van der Waals surface area contributed by atoms with Crippen molar-refractivity contribution < 1.29 is 19.4 Å². The number of carboxylic acids is 1. The van der Waals surface area contributed by atoms with E-state index < -0.39 is 16.0 Å². The molecule has 29 heavy (non-hydrogen) atoms. The SMILES string of the molecule is COc1ccc(S2(c3ccccc3OCCC(C)C#N)C=NC=C2C(=O)O)cc1. The average Bonchev–Trinajstić information content (AvgIpc) is 3.20. The fourth-order valence-corrected chi connectivity index (χ4v) is 6.19. The van der Waals surface area contributed by atoms with Gasteiger partial charge < -0.3 is 14.6 Å². The first-order valence-corrected chi connectivity index (χ1v) is 10.8. The number of carboxylic acid groups (broad SMARTS) is 1. The van der Waals surface area contributed by atoms with Crippen molar-refractivity contribution in [2.45, 2.75) is 23.1 Å². The third-order valence-electron chi connectivity index (χ3n) is 4.62. The Kier molecular flexibility index (Phi) is 6.25. The largest absolute Gasteiger partial charge is 0.497 e. The van der Waals surface area contributed by atoms with E-state index in [9.17, 15) is 9.90 Å². The summed E-state index contributed by atoms with van der Waals surface area (Å²) in [6, 6.07) is 17.0. The van der Waals surface area contributed by atoms with Gasteiger partial charge in [0.05, 0.1) is 25.3 Å². The summed E-state index contributed by atoms with van der Waals surface area (Å²) in [7, 11) is -0.660. The lowest BCUT2D eigenvalue weighted by molar-refractivity contribution is -0.131. The molecule has 2 unspecified atom stereocenters. The minimum absolute atomic E-state index is 0.118. The molecule has 0 aromatic heterocycles. The zero-order chi connectivity index (χ0) is 20.9. The Morgan fingerprint density at radius 2 is 1.97 bits per heavy atom. The van der Waals surface area contributed by atoms with Crippen molar-refractivity contribution in [2.75, 3.05) is 13.7 Å². The molecule has 1 aliphatic rings. The van der Waals surface area contributed by atoms with Crippen LogP contribution in [0.1, 0.15) is 13.3 Å². The molecule has 2 atom stereocenters. The number of benzene rings is 2. The molecule has 0 saturated carbocycles. The van der Waals surface area contributed by atoms with Gasteiger partial charge in [-0.1, -0.05) is 12.1 Å². The first kappa shape index (κ1) is 20.5. The molecule has 0 radical (unpaired) electrons. The van der Waals surface area contributed by atoms with Crippen LogP contribution < -0.4 is 9.47 Å². The molecule has 3 rings (SSSR count). The standard InChI is InChI=1S/C22H22N2O4S/c1-16(13-23)11-12-28-19-5-3-4-6-20(19)29(15-24-14-21(29)22(25)26)18-9-7-17(27-2)8-10-18/h3-10,14-16H,11-12H2,1-2H3,(H,25,26). The Morgan fingerprint density at radius 1 is 1.24 bits per heavy atom. The summed E-state index contributed by atoms with van der Waals surface area (Å²) < 4.78 is 11.3. The average molecular weight is 410 g/mol. The number of rotatable bonds is 8. The second kappa shape index (κ2) is 8.84. The number of ether oxygens (including phenoxy) is 2. The van der Waals surface area contributed by atoms with Crippen LogP contribution in [0.15, 0.2) is 74.4 Å². The molecular weight excluding hydrogens is 388 g/mol. The predicted molar refractivity (Wildman–Crippen MR) is 113 cm³/mol. The van der Waals surface area contributed by atoms with Gasteiger partial charge in [-0.3, -0.25) is 4.99 Å². The zero-order valence-electron chi connectivity index (χ0n) is 16.2. The van der Waals surface area contributed by atoms with Crippen molar-refractivity contribution in [3.05, 3.63) is 59.6 Å². The van der Waals surface area contributed by atoms with E-state index in [4.69, 9.17) is 14.7 Å². The Balaban J connectivity index is 2.09. The molecule has 0 aliphatic carbocycles. The van der Waals surface area contributed by atoms with E-state index in [0.29, 0.717) is 24.5 Å². The highest BCUT2D eigenvalue weighted by Gasteiger charge is 2.40. The van der Waals surface area contributed by atoms with Gasteiger partial charge in [0.1, 0.15) is 16.4 Å². The fraction of sp³-hybridized carbons (Fsp3) is 0.227. The van der Waals surface area contributed by atoms with Gasteiger partial charge in [-0.2, -0.15) is 5.26 Å². The van der Waals surface area contributed by atoms with Crippen LogP contribution in [0.4, 0.5) is 0 Å². The number of para-hydroxylation sites is 1. The molecule has 1 aliphatic heterocycles. The van der Waals surface area contributed by atoms with Crippen LogP contribution in [0, 0.1) is 17.2 Å². The summed E-state index contributed by atoms with van der Waals surface area (Å²) in [6.45, 7) is 2.21. The number of hydrogen-bond acceptors (Lipinski definition) is 5. The van der Waals surface area contributed by atoms with Gasteiger partial charge in [0.15, 0.2) is 0 Å². The van der Waals surface area contributed by atoms with Crippen LogP contribution in [0.25, 0.3) is 0 Å². The Bertz CT molecular complexity index is 995. The summed E-state index contributed by atoms with van der Waals surface area (Å²) in [5.74, 6) is 0.159. The minimum atomic E-state index is -2.25. The second-order valence-electron chi connectivity index (χ2n) is 6.50. The van der Waals surface area contributed by atoms with E-state index in [0.717, 1.165) is 9.79 Å². The van der Waals surface area contributed by atoms with E-state index in [2.05, 4.69) is 11.1 Å². The Labute approximate surface area is 171 Å². The monoisotopic (exact) mass is 410 g/mol. The van der Waals surface area contributed by atoms with Crippen LogP contribution in [0.5, 0.6) is 11.5 Å². The maximum atomic E-state index is 12.1. The number of aliphatic imine (C=N–C) groups is 1. The van der Waals surface area contributed by atoms with Crippen molar-refractivity contribution in [2.24, 2.45) is 10.9 Å². The smallest absolute Gasteiger partial charge is 0.343 e. The van der Waals surface area contributed by atoms with Crippen LogP contribution in [0.2, 0.25) is 0 Å². The van der Waals surface area contributed by atoms with E-state index in [1.54, 1.807) is 12.7 Å². The maximum Gasteiger partial charge on any atom is 0.343 e. The summed E-state index contributed by atoms with van der Waals surface area (Å²) in [6.07, 6.45) is 2.00. The van der Waals surface area contributed by atoms with Crippen molar-refractivity contribution in [3.63, 3.8) is 0 Å². The normalized spacial score (nSPS) is 20.8. The molecule has 2 aromatic carbocycles. The first-order chi connectivity index (χ1) is 14.0. The Morgan fingerprint density at radius 3 is 2.62 bits per heavy atom. The molecular formula is C22H22N2O4S. The van der Waals surface area contributed by atoms with Gasteiger partial charge in [-0.15, -0.1) is 10.0 Å². The Hall–Kier alpha value is -3.24. The van der Waals surface area contributed by atoms with E-state index in [-0.39, 0.29) is 10.8 Å². The molecule has 0 amide bonds. The first-order valence-electron chi connectivity index (χ1n) is 9.08. The van der Waals surface area contributed by atoms with Crippen LogP contribution in [-0.4, -0.2) is 30.3 Å². The van der Waals surface area contributed by atoms with Crippen molar-refractivity contribution >= 4 is 21.5 Å². The van der Waals surface area contributed by atoms with Crippen molar-refractivity contribution in [1.29, 1.82) is 5.26 Å². The van der Waals surface area contributed by atoms with Gasteiger partial charge in [-0.25, -0.2) is 4.79 Å². The van der Waals surface area contributed by atoms with E-state index in [1.807, 2.05) is 55.5 Å². The van der Waals surface area contributed by atoms with Gasteiger partial charge >= 0.3 is 5.97 Å². The summed E-state index contributed by atoms with van der Waals surface area (Å²) in [5.41, 5.74) is 1.72. The van der Waals surface area contributed by atoms with Gasteiger partial charge in [0.2, 0.25) is 0 Å². The topological polar surface area (TPSA) is 91.9 Å². The molecule has 0 spiro atoms. The number of methoxy groups -OCH3 is 1. The third kappa shape index (κ3) is 3.98. The van der Waals surface area contributed by atoms with Gasteiger partial charge in [0, 0.05) is 21.9 Å². The minimum Gasteiger partial charge on any atom is -0.497 e. The van der Waals surface area contributed by atoms with Crippen LogP contribution >= 0.6 is 10.0 Å². The lowest BCUT2D eigenvalue weighted by Crippen LogP contribution is -2.13. The summed E-state index contributed by atoms with van der Waals surface area (Å²) >= 11 is 0. The third-order valence-corrected chi connectivity index (χ3v) is 8.08. The molecule has 7 heteroatoms. The van der Waals surface area contributed by atoms with E-state index >= 15 is 0 Å². The van der Waals surface area contributed by atoms with Crippen LogP contribution in [-0.2, 0) is 4.79 Å². The number of aliphatic carboxylic acids is 1. The molecule has 0 saturated heterocycles. The lowest BCUT2D eigenvalue weighted by Gasteiger charge is -2.35. The number of hydrogen-bond donors (Lipinski definition) is 1. The quantitative estimate of drug-likeness (QED) is 0.674. The molecule has 1 N–H and O–H groups in total. The fourth-order valence-electron chi connectivity index (χ4n) is 3.05. The molecule has 1 heterocycles. The van der Waals surface area contributed by atoms with E-state index in [1.165, 1.54) is 6.20 Å².